The van der Waals surface area contributed by atoms with Crippen molar-refractivity contribution in [3.8, 4) is 0 Å². The van der Waals surface area contributed by atoms with Crippen LogP contribution in [0.15, 0.2) is 64.3 Å². The minimum Gasteiger partial charge on any atom is -0.352 e. The molecular formula is C29H36N4O5S. The van der Waals surface area contributed by atoms with Gasteiger partial charge in [-0.3, -0.25) is 9.59 Å². The van der Waals surface area contributed by atoms with Crippen LogP contribution in [0, 0.1) is 0 Å². The molecule has 2 aromatic carbocycles. The van der Waals surface area contributed by atoms with Crippen LogP contribution < -0.4 is 20.9 Å². The van der Waals surface area contributed by atoms with Gasteiger partial charge in [0.2, 0.25) is 0 Å². The van der Waals surface area contributed by atoms with E-state index in [2.05, 4.69) is 22.3 Å². The number of benzene rings is 2. The number of nitrogens with zero attached hydrogens (tertiary/aromatic N) is 1. The molecule has 1 aliphatic rings. The summed E-state index contributed by atoms with van der Waals surface area (Å²) < 4.78 is 29.0. The number of aromatic nitrogens is 1. The Bertz CT molecular complexity index is 1480. The number of carbonyl (C=O) groups excluding carboxylic acids is 2. The molecule has 1 aliphatic carbocycles. The molecule has 0 unspecified atom stereocenters. The molecular weight excluding hydrogens is 516 g/mol. The van der Waals surface area contributed by atoms with Crippen molar-refractivity contribution in [3.63, 3.8) is 0 Å². The van der Waals surface area contributed by atoms with E-state index in [0.717, 1.165) is 61.4 Å². The number of carbonyl (C=O) groups is 2. The summed E-state index contributed by atoms with van der Waals surface area (Å²) in [5.74, 6) is -0.441. The second-order valence-electron chi connectivity index (χ2n) is 9.99. The molecule has 1 aromatic heterocycles. The van der Waals surface area contributed by atoms with Gasteiger partial charge in [-0.25, -0.2) is 17.9 Å². The van der Waals surface area contributed by atoms with Crippen molar-refractivity contribution in [3.05, 3.63) is 76.1 Å². The summed E-state index contributed by atoms with van der Waals surface area (Å²) in [5.41, 5.74) is 1.40. The number of sulfonamides is 1. The minimum absolute atomic E-state index is 0.000334. The smallest absolute Gasteiger partial charge is 0.328 e. The summed E-state index contributed by atoms with van der Waals surface area (Å²) in [6, 6.07) is 14.6. The van der Waals surface area contributed by atoms with Crippen LogP contribution in [0.3, 0.4) is 0 Å². The van der Waals surface area contributed by atoms with Gasteiger partial charge in [0.1, 0.15) is 5.56 Å². The third kappa shape index (κ3) is 7.26. The number of urea groups is 1. The fourth-order valence-corrected chi connectivity index (χ4v) is 5.84. The first-order chi connectivity index (χ1) is 18.8. The van der Waals surface area contributed by atoms with E-state index in [-0.39, 0.29) is 28.6 Å². The molecule has 0 radical (unpaired) electrons. The molecule has 39 heavy (non-hydrogen) atoms. The Morgan fingerprint density at radius 2 is 1.72 bits per heavy atom. The number of aryl methyl sites for hydroxylation is 1. The molecule has 0 spiro atoms. The third-order valence-corrected chi connectivity index (χ3v) is 8.43. The largest absolute Gasteiger partial charge is 0.352 e. The van der Waals surface area contributed by atoms with Crippen molar-refractivity contribution in [2.24, 2.45) is 0 Å². The molecule has 1 saturated carbocycles. The van der Waals surface area contributed by atoms with Crippen molar-refractivity contribution in [2.45, 2.75) is 75.8 Å². The zero-order valence-corrected chi connectivity index (χ0v) is 23.1. The highest BCUT2D eigenvalue weighted by atomic mass is 32.2. The molecule has 9 nitrogen and oxygen atoms in total. The lowest BCUT2D eigenvalue weighted by Gasteiger charge is -2.22. The van der Waals surface area contributed by atoms with Crippen LogP contribution in [-0.2, 0) is 23.0 Å². The van der Waals surface area contributed by atoms with Gasteiger partial charge in [0.05, 0.1) is 10.4 Å². The summed E-state index contributed by atoms with van der Waals surface area (Å²) >= 11 is 0. The molecule has 208 valence electrons. The summed E-state index contributed by atoms with van der Waals surface area (Å²) in [7, 11) is -4.00. The van der Waals surface area contributed by atoms with E-state index in [9.17, 15) is 22.8 Å². The summed E-state index contributed by atoms with van der Waals surface area (Å²) in [6.07, 6.45) is 7.11. The van der Waals surface area contributed by atoms with E-state index in [1.54, 1.807) is 22.8 Å². The van der Waals surface area contributed by atoms with Gasteiger partial charge in [-0.15, -0.1) is 0 Å². The molecule has 3 N–H and O–H groups in total. The monoisotopic (exact) mass is 552 g/mol. The average Bonchev–Trinajstić information content (AvgIpc) is 2.92. The first-order valence-electron chi connectivity index (χ1n) is 13.6. The standard InChI is InChI=1S/C29H36N4O5S/c1-2-3-19-33-26-12-8-7-9-22(26)20-25(28(33)35)27(34)30-18-17-21-13-15-24(16-14-21)39(37,38)32-29(36)31-23-10-5-4-6-11-23/h7-9,12-16,20,23H,2-6,10-11,17-19H2,1H3,(H,30,34)(H2,31,32,36). The molecule has 0 bridgehead atoms. The second-order valence-corrected chi connectivity index (χ2v) is 11.7. The van der Waals surface area contributed by atoms with Gasteiger partial charge in [0, 0.05) is 19.1 Å². The van der Waals surface area contributed by atoms with Crippen molar-refractivity contribution in [1.29, 1.82) is 0 Å². The van der Waals surface area contributed by atoms with Crippen molar-refractivity contribution in [2.75, 3.05) is 6.54 Å². The Balaban J connectivity index is 1.35. The molecule has 0 aliphatic heterocycles. The van der Waals surface area contributed by atoms with Crippen LogP contribution in [0.5, 0.6) is 0 Å². The fraction of sp³-hybridized carbons (Fsp3) is 0.414. The minimum atomic E-state index is -4.00. The lowest BCUT2D eigenvalue weighted by atomic mass is 9.96. The number of unbranched alkanes of at least 4 members (excludes halogenated alkanes) is 1. The molecule has 1 heterocycles. The SMILES string of the molecule is CCCCn1c(=O)c(C(=O)NCCc2ccc(S(=O)(=O)NC(=O)NC3CCCCC3)cc2)cc2ccccc21. The van der Waals surface area contributed by atoms with Crippen LogP contribution in [-0.4, -0.2) is 37.5 Å². The van der Waals surface area contributed by atoms with E-state index in [4.69, 9.17) is 0 Å². The number of rotatable bonds is 10. The lowest BCUT2D eigenvalue weighted by molar-refractivity contribution is 0.0952. The quantitative estimate of drug-likeness (QED) is 0.349. The lowest BCUT2D eigenvalue weighted by Crippen LogP contribution is -2.45. The van der Waals surface area contributed by atoms with Crippen molar-refractivity contribution < 1.29 is 18.0 Å². The Labute approximate surface area is 229 Å². The Kier molecular flexibility index (Phi) is 9.40. The van der Waals surface area contributed by atoms with Gasteiger partial charge in [0.25, 0.3) is 21.5 Å². The number of hydrogen-bond acceptors (Lipinski definition) is 5. The predicted octanol–water partition coefficient (Wildman–Crippen LogP) is 4.09. The van der Waals surface area contributed by atoms with Gasteiger partial charge >= 0.3 is 6.03 Å². The summed E-state index contributed by atoms with van der Waals surface area (Å²) in [5, 5.41) is 6.38. The number of hydrogen-bond donors (Lipinski definition) is 3. The number of pyridine rings is 1. The maximum Gasteiger partial charge on any atom is 0.328 e. The third-order valence-electron chi connectivity index (χ3n) is 7.08. The van der Waals surface area contributed by atoms with Crippen LogP contribution in [0.25, 0.3) is 10.9 Å². The maximum atomic E-state index is 13.1. The van der Waals surface area contributed by atoms with Crippen LogP contribution in [0.1, 0.15) is 67.8 Å². The second kappa shape index (κ2) is 12.9. The molecule has 4 rings (SSSR count). The van der Waals surface area contributed by atoms with E-state index >= 15 is 0 Å². The molecule has 3 amide bonds. The molecule has 3 aromatic rings. The highest BCUT2D eigenvalue weighted by molar-refractivity contribution is 7.90. The van der Waals surface area contributed by atoms with Crippen LogP contribution in [0.4, 0.5) is 4.79 Å². The number of para-hydroxylation sites is 1. The fourth-order valence-electron chi connectivity index (χ4n) is 4.92. The van der Waals surface area contributed by atoms with Gasteiger partial charge in [0.15, 0.2) is 0 Å². The van der Waals surface area contributed by atoms with Gasteiger partial charge in [-0.05, 0) is 60.9 Å². The highest BCUT2D eigenvalue weighted by Crippen LogP contribution is 2.18. The Morgan fingerprint density at radius 3 is 2.44 bits per heavy atom. The van der Waals surface area contributed by atoms with Gasteiger partial charge < -0.3 is 15.2 Å². The van der Waals surface area contributed by atoms with Crippen molar-refractivity contribution in [1.82, 2.24) is 19.9 Å². The molecule has 10 heteroatoms. The molecule has 0 saturated heterocycles. The normalized spacial score (nSPS) is 14.2. The number of amides is 3. The zero-order valence-electron chi connectivity index (χ0n) is 22.2. The van der Waals surface area contributed by atoms with Crippen molar-refractivity contribution >= 4 is 32.9 Å². The first-order valence-corrected chi connectivity index (χ1v) is 15.1. The first kappa shape index (κ1) is 28.4. The summed E-state index contributed by atoms with van der Waals surface area (Å²) in [4.78, 5) is 38.2. The topological polar surface area (TPSA) is 126 Å². The van der Waals surface area contributed by atoms with E-state index in [1.807, 2.05) is 24.3 Å². The number of nitrogens with one attached hydrogen (secondary N) is 3. The van der Waals surface area contributed by atoms with Gasteiger partial charge in [-0.2, -0.15) is 0 Å². The molecule has 1 fully saturated rings. The maximum absolute atomic E-state index is 13.1. The Hall–Kier alpha value is -3.66. The number of fused-ring (bicyclic) bond motifs is 1. The van der Waals surface area contributed by atoms with E-state index in [1.165, 1.54) is 12.1 Å². The van der Waals surface area contributed by atoms with E-state index < -0.39 is 22.0 Å². The predicted molar refractivity (Wildman–Crippen MR) is 151 cm³/mol. The van der Waals surface area contributed by atoms with Crippen LogP contribution in [0.2, 0.25) is 0 Å². The Morgan fingerprint density at radius 1 is 1.00 bits per heavy atom. The van der Waals surface area contributed by atoms with Crippen LogP contribution >= 0.6 is 0 Å². The zero-order chi connectivity index (χ0) is 27.8. The summed E-state index contributed by atoms with van der Waals surface area (Å²) in [6.45, 7) is 2.87. The average molecular weight is 553 g/mol. The molecule has 0 atom stereocenters. The highest BCUT2D eigenvalue weighted by Gasteiger charge is 2.21. The van der Waals surface area contributed by atoms with E-state index in [0.29, 0.717) is 13.0 Å². The van der Waals surface area contributed by atoms with Gasteiger partial charge in [-0.1, -0.05) is 62.9 Å².